The van der Waals surface area contributed by atoms with Gasteiger partial charge in [0.1, 0.15) is 0 Å². The van der Waals surface area contributed by atoms with Gasteiger partial charge in [0.2, 0.25) is 10.0 Å². The van der Waals surface area contributed by atoms with E-state index in [4.69, 9.17) is 4.74 Å². The van der Waals surface area contributed by atoms with Gasteiger partial charge in [0.25, 0.3) is 0 Å². The van der Waals surface area contributed by atoms with E-state index in [1.807, 2.05) is 13.8 Å². The number of hydrogen-bond donors (Lipinski definition) is 3. The van der Waals surface area contributed by atoms with Crippen LogP contribution in [0, 0.1) is 5.92 Å². The summed E-state index contributed by atoms with van der Waals surface area (Å²) in [5.74, 6) is 0.341. The Morgan fingerprint density at radius 1 is 1.43 bits per heavy atom. The minimum Gasteiger partial charge on any atom is -0.381 e. The van der Waals surface area contributed by atoms with Crippen molar-refractivity contribution in [3.8, 4) is 0 Å². The van der Waals surface area contributed by atoms with Gasteiger partial charge in [-0.1, -0.05) is 6.92 Å². The van der Waals surface area contributed by atoms with Crippen molar-refractivity contribution < 1.29 is 13.2 Å². The van der Waals surface area contributed by atoms with Gasteiger partial charge in [0, 0.05) is 37.7 Å². The number of aromatic amines is 1. The van der Waals surface area contributed by atoms with Crippen molar-refractivity contribution in [1.29, 1.82) is 0 Å². The fourth-order valence-electron chi connectivity index (χ4n) is 2.56. The van der Waals surface area contributed by atoms with E-state index >= 15 is 0 Å². The van der Waals surface area contributed by atoms with Gasteiger partial charge < -0.3 is 15.0 Å². The lowest BCUT2D eigenvalue weighted by Gasteiger charge is -2.28. The second-order valence-electron chi connectivity index (χ2n) is 5.50. The summed E-state index contributed by atoms with van der Waals surface area (Å²) in [6.45, 7) is 6.86. The molecule has 0 aliphatic carbocycles. The molecule has 7 heteroatoms. The van der Waals surface area contributed by atoms with Gasteiger partial charge in [-0.25, -0.2) is 13.1 Å². The first-order valence-corrected chi connectivity index (χ1v) is 8.99. The van der Waals surface area contributed by atoms with Gasteiger partial charge >= 0.3 is 0 Å². The second kappa shape index (κ2) is 7.40. The molecule has 0 bridgehead atoms. The molecule has 1 atom stereocenters. The Kier molecular flexibility index (Phi) is 5.80. The van der Waals surface area contributed by atoms with Crippen LogP contribution in [0.5, 0.6) is 0 Å². The van der Waals surface area contributed by atoms with E-state index in [2.05, 4.69) is 15.0 Å². The van der Waals surface area contributed by atoms with Crippen LogP contribution in [0.15, 0.2) is 17.2 Å². The molecule has 0 amide bonds. The third-order valence-corrected chi connectivity index (χ3v) is 5.44. The molecule has 1 aromatic rings. The van der Waals surface area contributed by atoms with Gasteiger partial charge in [-0.05, 0) is 38.3 Å². The van der Waals surface area contributed by atoms with E-state index in [1.54, 1.807) is 12.3 Å². The molecule has 0 radical (unpaired) electrons. The van der Waals surface area contributed by atoms with Crippen LogP contribution in [0.1, 0.15) is 32.4 Å². The number of sulfonamides is 1. The molecule has 0 aromatic carbocycles. The summed E-state index contributed by atoms with van der Waals surface area (Å²) in [5, 5.41) is 3.16. The minimum absolute atomic E-state index is 0.0778. The molecule has 1 aromatic heterocycles. The lowest BCUT2D eigenvalue weighted by atomic mass is 9.94. The van der Waals surface area contributed by atoms with E-state index in [1.165, 1.54) is 0 Å². The van der Waals surface area contributed by atoms with Crippen LogP contribution in [0.25, 0.3) is 0 Å². The monoisotopic (exact) mass is 315 g/mol. The van der Waals surface area contributed by atoms with E-state index in [9.17, 15) is 8.42 Å². The van der Waals surface area contributed by atoms with Crippen LogP contribution in [0.3, 0.4) is 0 Å². The molecule has 6 nitrogen and oxygen atoms in total. The van der Waals surface area contributed by atoms with Gasteiger partial charge in [-0.3, -0.25) is 0 Å². The first kappa shape index (κ1) is 16.5. The van der Waals surface area contributed by atoms with Crippen molar-refractivity contribution in [1.82, 2.24) is 15.0 Å². The molecular formula is C14H25N3O3S. The highest BCUT2D eigenvalue weighted by molar-refractivity contribution is 7.89. The molecule has 3 N–H and O–H groups in total. The van der Waals surface area contributed by atoms with E-state index < -0.39 is 10.0 Å². The number of rotatable bonds is 7. The maximum Gasteiger partial charge on any atom is 0.242 e. The lowest BCUT2D eigenvalue weighted by molar-refractivity contribution is 0.0585. The number of H-pyrrole nitrogens is 1. The summed E-state index contributed by atoms with van der Waals surface area (Å²) >= 11 is 0. The topological polar surface area (TPSA) is 83.2 Å². The molecule has 1 aliphatic heterocycles. The summed E-state index contributed by atoms with van der Waals surface area (Å²) in [4.78, 5) is 3.30. The number of hydrogen-bond acceptors (Lipinski definition) is 4. The quantitative estimate of drug-likeness (QED) is 0.706. The normalized spacial score (nSPS) is 18.8. The minimum atomic E-state index is -3.46. The highest BCUT2D eigenvalue weighted by atomic mass is 32.2. The first-order chi connectivity index (χ1) is 10.0. The fraction of sp³-hybridized carbons (Fsp3) is 0.714. The Morgan fingerprint density at radius 3 is 2.81 bits per heavy atom. The summed E-state index contributed by atoms with van der Waals surface area (Å²) in [6.07, 6.45) is 3.36. The SMILES string of the molecule is CCNCc1cc(S(=O)(=O)NC(C)C2CCOCC2)c[nH]1. The van der Waals surface area contributed by atoms with Crippen LogP contribution in [0.2, 0.25) is 0 Å². The van der Waals surface area contributed by atoms with Crippen LogP contribution in [-0.2, 0) is 21.3 Å². The van der Waals surface area contributed by atoms with Crippen LogP contribution in [0.4, 0.5) is 0 Å². The highest BCUT2D eigenvalue weighted by Crippen LogP contribution is 2.20. The molecule has 1 saturated heterocycles. The molecule has 2 heterocycles. The summed E-state index contributed by atoms with van der Waals surface area (Å²) in [5.41, 5.74) is 0.871. The van der Waals surface area contributed by atoms with Crippen molar-refractivity contribution >= 4 is 10.0 Å². The van der Waals surface area contributed by atoms with Crippen molar-refractivity contribution in [3.05, 3.63) is 18.0 Å². The van der Waals surface area contributed by atoms with E-state index in [0.29, 0.717) is 30.6 Å². The molecule has 0 saturated carbocycles. The molecule has 120 valence electrons. The van der Waals surface area contributed by atoms with Crippen LogP contribution >= 0.6 is 0 Å². The molecule has 1 fully saturated rings. The molecule has 1 aliphatic rings. The zero-order valence-electron chi connectivity index (χ0n) is 12.7. The number of aromatic nitrogens is 1. The first-order valence-electron chi connectivity index (χ1n) is 7.51. The predicted molar refractivity (Wildman–Crippen MR) is 81.5 cm³/mol. The Labute approximate surface area is 126 Å². The largest absolute Gasteiger partial charge is 0.381 e. The van der Waals surface area contributed by atoms with Crippen LogP contribution in [-0.4, -0.2) is 39.2 Å². The molecule has 0 spiro atoms. The van der Waals surface area contributed by atoms with Crippen LogP contribution < -0.4 is 10.0 Å². The lowest BCUT2D eigenvalue weighted by Crippen LogP contribution is -2.40. The van der Waals surface area contributed by atoms with E-state index in [0.717, 1.165) is 25.1 Å². The zero-order chi connectivity index (χ0) is 15.3. The Hall–Kier alpha value is -0.890. The Bertz CT molecular complexity index is 535. The average molecular weight is 315 g/mol. The van der Waals surface area contributed by atoms with E-state index in [-0.39, 0.29) is 6.04 Å². The zero-order valence-corrected chi connectivity index (χ0v) is 13.5. The Balaban J connectivity index is 1.98. The fourth-order valence-corrected chi connectivity index (χ4v) is 3.89. The predicted octanol–water partition coefficient (Wildman–Crippen LogP) is 1.22. The van der Waals surface area contributed by atoms with Gasteiger partial charge in [-0.2, -0.15) is 0 Å². The molecule has 21 heavy (non-hydrogen) atoms. The average Bonchev–Trinajstić information content (AvgIpc) is 2.95. The summed E-state index contributed by atoms with van der Waals surface area (Å²) in [7, 11) is -3.46. The van der Waals surface area contributed by atoms with Crippen molar-refractivity contribution in [2.75, 3.05) is 19.8 Å². The van der Waals surface area contributed by atoms with Crippen molar-refractivity contribution in [3.63, 3.8) is 0 Å². The third-order valence-electron chi connectivity index (χ3n) is 3.91. The van der Waals surface area contributed by atoms with Gasteiger partial charge in [0.15, 0.2) is 0 Å². The number of ether oxygens (including phenoxy) is 1. The highest BCUT2D eigenvalue weighted by Gasteiger charge is 2.26. The van der Waals surface area contributed by atoms with Gasteiger partial charge in [0.05, 0.1) is 4.90 Å². The number of nitrogens with one attached hydrogen (secondary N) is 3. The second-order valence-corrected chi connectivity index (χ2v) is 7.21. The summed E-state index contributed by atoms with van der Waals surface area (Å²) in [6, 6.07) is 1.60. The third kappa shape index (κ3) is 4.54. The van der Waals surface area contributed by atoms with Gasteiger partial charge in [-0.15, -0.1) is 0 Å². The standard InChI is InChI=1S/C14H25N3O3S/c1-3-15-9-13-8-14(10-16-13)21(18,19)17-11(2)12-4-6-20-7-5-12/h8,10-12,15-17H,3-7,9H2,1-2H3. The smallest absolute Gasteiger partial charge is 0.242 e. The molecule has 1 unspecified atom stereocenters. The summed E-state index contributed by atoms with van der Waals surface area (Å²) < 4.78 is 32.9. The maximum atomic E-state index is 12.4. The maximum absolute atomic E-state index is 12.4. The Morgan fingerprint density at radius 2 is 2.14 bits per heavy atom. The van der Waals surface area contributed by atoms with Crippen molar-refractivity contribution in [2.24, 2.45) is 5.92 Å². The molecular weight excluding hydrogens is 290 g/mol. The molecule has 2 rings (SSSR count). The van der Waals surface area contributed by atoms with Crippen molar-refractivity contribution in [2.45, 2.75) is 44.2 Å².